The molecule has 0 spiro atoms. The van der Waals surface area contributed by atoms with Gasteiger partial charge in [0.2, 0.25) is 0 Å². The lowest BCUT2D eigenvalue weighted by Crippen LogP contribution is -2.03. The average molecular weight is 620 g/mol. The predicted octanol–water partition coefficient (Wildman–Crippen LogP) is 3.61. The maximum atomic E-state index is 11.3. The molecule has 2 rings (SSSR count). The monoisotopic (exact) mass is 620 g/mol. The van der Waals surface area contributed by atoms with Crippen LogP contribution in [0.5, 0.6) is 11.5 Å². The number of hydrogen-bond donors (Lipinski definition) is 1. The number of benzene rings is 2. The molecule has 29 heavy (non-hydrogen) atoms. The normalized spacial score (nSPS) is 9.21. The summed E-state index contributed by atoms with van der Waals surface area (Å²) >= 11 is 3.84. The van der Waals surface area contributed by atoms with E-state index in [-0.39, 0.29) is 16.9 Å². The molecule has 0 unspecified atom stereocenters. The van der Waals surface area contributed by atoms with Crippen molar-refractivity contribution in [2.45, 2.75) is 0 Å². The molecule has 0 aliphatic heterocycles. The number of carbonyl (C=O) groups excluding carboxylic acids is 2. The van der Waals surface area contributed by atoms with Crippen molar-refractivity contribution in [3.8, 4) is 23.6 Å². The van der Waals surface area contributed by atoms with Crippen LogP contribution >= 0.6 is 45.2 Å². The van der Waals surface area contributed by atoms with Crippen molar-refractivity contribution in [3.63, 3.8) is 0 Å². The van der Waals surface area contributed by atoms with Crippen LogP contribution in [0.15, 0.2) is 24.3 Å². The summed E-state index contributed by atoms with van der Waals surface area (Å²) < 4.78 is 15.3. The fourth-order valence-corrected chi connectivity index (χ4v) is 3.51. The zero-order chi connectivity index (χ0) is 22.1. The number of aromatic hydroxyl groups is 1. The summed E-state index contributed by atoms with van der Waals surface area (Å²) in [6, 6.07) is 9.59. The van der Waals surface area contributed by atoms with Crippen molar-refractivity contribution >= 4 is 57.1 Å². The molecular formula is C19H14I2N2O6. The van der Waals surface area contributed by atoms with E-state index < -0.39 is 11.9 Å². The molecule has 0 bridgehead atoms. The smallest absolute Gasteiger partial charge is 0.337 e. The van der Waals surface area contributed by atoms with E-state index in [9.17, 15) is 14.7 Å². The molecule has 0 fully saturated rings. The van der Waals surface area contributed by atoms with Crippen molar-refractivity contribution in [1.29, 1.82) is 10.5 Å². The number of carbonyl (C=O) groups is 2. The Labute approximate surface area is 194 Å². The Morgan fingerprint density at radius 2 is 1.31 bits per heavy atom. The third-order valence-corrected chi connectivity index (χ3v) is 5.02. The number of nitrogens with zero attached hydrogens (tertiary/aromatic N) is 2. The minimum atomic E-state index is -0.528. The highest BCUT2D eigenvalue weighted by Gasteiger charge is 2.14. The molecule has 0 saturated carbocycles. The summed E-state index contributed by atoms with van der Waals surface area (Å²) in [4.78, 5) is 22.4. The number of nitriles is 2. The van der Waals surface area contributed by atoms with Crippen LogP contribution in [0, 0.1) is 29.8 Å². The standard InChI is InChI=1S/C10H8INO3.C9H6INO3/c1-14-9-7(5-12)3-6(4-8(9)11)10(13)15-2;1-14-9(13)5-2-6(4-11)8(12)7(10)3-5/h3-4H,1-2H3;2-3,12H,1H3. The lowest BCUT2D eigenvalue weighted by atomic mass is 10.1. The Morgan fingerprint density at radius 1 is 0.862 bits per heavy atom. The summed E-state index contributed by atoms with van der Waals surface area (Å²) in [7, 11) is 4.04. The summed E-state index contributed by atoms with van der Waals surface area (Å²) in [5.74, 6) is -0.627. The molecule has 8 nitrogen and oxygen atoms in total. The average Bonchev–Trinajstić information content (AvgIpc) is 2.73. The first-order valence-electron chi connectivity index (χ1n) is 7.60. The van der Waals surface area contributed by atoms with E-state index in [1.165, 1.54) is 39.5 Å². The second-order valence-electron chi connectivity index (χ2n) is 5.10. The maximum Gasteiger partial charge on any atom is 0.337 e. The molecule has 0 atom stereocenters. The Balaban J connectivity index is 0.000000291. The molecule has 0 aromatic heterocycles. The van der Waals surface area contributed by atoms with E-state index in [1.807, 2.05) is 51.3 Å². The Kier molecular flexibility index (Phi) is 9.64. The van der Waals surface area contributed by atoms with Gasteiger partial charge in [0, 0.05) is 0 Å². The lowest BCUT2D eigenvalue weighted by molar-refractivity contribution is 0.0591. The van der Waals surface area contributed by atoms with Crippen molar-refractivity contribution < 1.29 is 28.9 Å². The topological polar surface area (TPSA) is 130 Å². The first-order chi connectivity index (χ1) is 13.7. The highest BCUT2D eigenvalue weighted by atomic mass is 127. The van der Waals surface area contributed by atoms with Gasteiger partial charge in [-0.2, -0.15) is 10.5 Å². The van der Waals surface area contributed by atoms with Gasteiger partial charge in [0.1, 0.15) is 23.6 Å². The van der Waals surface area contributed by atoms with Crippen LogP contribution < -0.4 is 4.74 Å². The molecule has 1 N–H and O–H groups in total. The number of halogens is 2. The second kappa shape index (κ2) is 11.4. The lowest BCUT2D eigenvalue weighted by Gasteiger charge is -2.07. The van der Waals surface area contributed by atoms with Crippen molar-refractivity contribution in [2.24, 2.45) is 0 Å². The van der Waals surface area contributed by atoms with E-state index >= 15 is 0 Å². The quantitative estimate of drug-likeness (QED) is 0.407. The van der Waals surface area contributed by atoms with Gasteiger partial charge in [-0.25, -0.2) is 9.59 Å². The molecule has 150 valence electrons. The van der Waals surface area contributed by atoms with Crippen molar-refractivity contribution in [2.75, 3.05) is 21.3 Å². The first-order valence-corrected chi connectivity index (χ1v) is 9.76. The molecule has 0 aliphatic carbocycles. The van der Waals surface area contributed by atoms with Crippen LogP contribution in [0.2, 0.25) is 0 Å². The molecule has 0 heterocycles. The van der Waals surface area contributed by atoms with Crippen LogP contribution in [0.1, 0.15) is 31.8 Å². The van der Waals surface area contributed by atoms with Gasteiger partial charge < -0.3 is 19.3 Å². The van der Waals surface area contributed by atoms with E-state index in [2.05, 4.69) is 9.47 Å². The molecule has 0 radical (unpaired) electrons. The summed E-state index contributed by atoms with van der Waals surface area (Å²) in [6.07, 6.45) is 0. The highest BCUT2D eigenvalue weighted by molar-refractivity contribution is 14.1. The molecule has 0 amide bonds. The van der Waals surface area contributed by atoms with Gasteiger partial charge in [-0.15, -0.1) is 0 Å². The molecule has 2 aromatic carbocycles. The van der Waals surface area contributed by atoms with Crippen molar-refractivity contribution in [1.82, 2.24) is 0 Å². The number of methoxy groups -OCH3 is 3. The number of phenols is 1. The van der Waals surface area contributed by atoms with E-state index in [4.69, 9.17) is 15.3 Å². The minimum Gasteiger partial charge on any atom is -0.505 e. The van der Waals surface area contributed by atoms with Crippen LogP contribution in [0.4, 0.5) is 0 Å². The Hall–Kier alpha value is -2.58. The van der Waals surface area contributed by atoms with E-state index in [1.54, 1.807) is 12.1 Å². The van der Waals surface area contributed by atoms with Gasteiger partial charge in [0.15, 0.2) is 0 Å². The molecule has 0 saturated heterocycles. The van der Waals surface area contributed by atoms with Gasteiger partial charge >= 0.3 is 11.9 Å². The van der Waals surface area contributed by atoms with Gasteiger partial charge in [-0.3, -0.25) is 0 Å². The predicted molar refractivity (Wildman–Crippen MR) is 119 cm³/mol. The van der Waals surface area contributed by atoms with Gasteiger partial charge in [-0.05, 0) is 69.4 Å². The number of phenolic OH excluding ortho intramolecular Hbond substituents is 1. The number of esters is 2. The highest BCUT2D eigenvalue weighted by Crippen LogP contribution is 2.27. The van der Waals surface area contributed by atoms with Crippen LogP contribution in [0.25, 0.3) is 0 Å². The SMILES string of the molecule is COC(=O)c1cc(I)c(O)c(C#N)c1.COC(=O)c1cc(I)c(OC)c(C#N)c1. The second-order valence-corrected chi connectivity index (χ2v) is 7.42. The zero-order valence-corrected chi connectivity index (χ0v) is 19.8. The third-order valence-electron chi connectivity index (χ3n) is 3.39. The Bertz CT molecular complexity index is 1020. The summed E-state index contributed by atoms with van der Waals surface area (Å²) in [5, 5.41) is 26.9. The van der Waals surface area contributed by atoms with Gasteiger partial charge in [0.25, 0.3) is 0 Å². The van der Waals surface area contributed by atoms with Crippen molar-refractivity contribution in [3.05, 3.63) is 53.7 Å². The minimum absolute atomic E-state index is 0.0669. The van der Waals surface area contributed by atoms with E-state index in [0.717, 1.165) is 0 Å². The number of hydrogen-bond acceptors (Lipinski definition) is 8. The van der Waals surface area contributed by atoms with Gasteiger partial charge in [-0.1, -0.05) is 0 Å². The van der Waals surface area contributed by atoms with Crippen LogP contribution in [-0.2, 0) is 9.47 Å². The van der Waals surface area contributed by atoms with E-state index in [0.29, 0.717) is 24.0 Å². The Morgan fingerprint density at radius 3 is 1.72 bits per heavy atom. The fraction of sp³-hybridized carbons (Fsp3) is 0.158. The van der Waals surface area contributed by atoms with Gasteiger partial charge in [0.05, 0.1) is 50.7 Å². The van der Waals surface area contributed by atoms with Crippen LogP contribution in [-0.4, -0.2) is 38.4 Å². The molecule has 0 aliphatic rings. The largest absolute Gasteiger partial charge is 0.505 e. The fourth-order valence-electron chi connectivity index (χ4n) is 2.04. The summed E-state index contributed by atoms with van der Waals surface area (Å²) in [6.45, 7) is 0. The number of ether oxygens (including phenoxy) is 3. The maximum absolute atomic E-state index is 11.3. The molecule has 2 aromatic rings. The molecule has 10 heteroatoms. The number of rotatable bonds is 3. The molecular weight excluding hydrogens is 606 g/mol. The zero-order valence-electron chi connectivity index (χ0n) is 15.4. The first kappa shape index (κ1) is 24.5. The van der Waals surface area contributed by atoms with Crippen LogP contribution in [0.3, 0.4) is 0 Å². The third kappa shape index (κ3) is 6.20. The summed E-state index contributed by atoms with van der Waals surface area (Å²) in [5.41, 5.74) is 0.993.